The standard InChI is InChI=1S/C21H32O3/c1-16(2)10-9-11-17(3)20-19(15-23-21(4,5)24-20)22-14-18-12-7-6-8-13-18/h6-8,10,12-13,17,19-20H,9,11,14-15H2,1-5H3/t17-,19-,20-/m1/s1. The predicted octanol–water partition coefficient (Wildman–Crippen LogP) is 5.11. The van der Waals surface area contributed by atoms with E-state index in [1.165, 1.54) is 11.1 Å². The van der Waals surface area contributed by atoms with Crippen LogP contribution in [0, 0.1) is 5.92 Å². The van der Waals surface area contributed by atoms with Crippen LogP contribution in [0.25, 0.3) is 0 Å². The van der Waals surface area contributed by atoms with E-state index in [1.54, 1.807) is 0 Å². The highest BCUT2D eigenvalue weighted by Gasteiger charge is 2.39. The maximum absolute atomic E-state index is 6.23. The van der Waals surface area contributed by atoms with Gasteiger partial charge >= 0.3 is 0 Å². The zero-order chi connectivity index (χ0) is 17.6. The lowest BCUT2D eigenvalue weighted by molar-refractivity contribution is -0.320. The minimum absolute atomic E-state index is 0.0278. The van der Waals surface area contributed by atoms with Crippen molar-refractivity contribution in [2.75, 3.05) is 6.61 Å². The van der Waals surface area contributed by atoms with E-state index >= 15 is 0 Å². The minimum atomic E-state index is -0.540. The lowest BCUT2D eigenvalue weighted by Crippen LogP contribution is -2.52. The van der Waals surface area contributed by atoms with Crippen molar-refractivity contribution in [3.8, 4) is 0 Å². The summed E-state index contributed by atoms with van der Waals surface area (Å²) in [4.78, 5) is 0. The second-order valence-electron chi connectivity index (χ2n) is 7.46. The second-order valence-corrected chi connectivity index (χ2v) is 7.46. The molecule has 1 aliphatic heterocycles. The summed E-state index contributed by atoms with van der Waals surface area (Å²) in [6.45, 7) is 11.7. The summed E-state index contributed by atoms with van der Waals surface area (Å²) in [7, 11) is 0. The Labute approximate surface area is 147 Å². The second kappa shape index (κ2) is 8.80. The molecule has 0 saturated carbocycles. The van der Waals surface area contributed by atoms with Gasteiger partial charge in [0.1, 0.15) is 6.10 Å². The van der Waals surface area contributed by atoms with Crippen molar-refractivity contribution < 1.29 is 14.2 Å². The Morgan fingerprint density at radius 2 is 2.00 bits per heavy atom. The molecule has 0 radical (unpaired) electrons. The molecule has 0 aliphatic carbocycles. The fourth-order valence-electron chi connectivity index (χ4n) is 3.02. The summed E-state index contributed by atoms with van der Waals surface area (Å²) < 4.78 is 18.2. The Bertz CT molecular complexity index is 517. The van der Waals surface area contributed by atoms with Gasteiger partial charge in [-0.15, -0.1) is 0 Å². The molecule has 1 aromatic rings. The smallest absolute Gasteiger partial charge is 0.163 e. The van der Waals surface area contributed by atoms with E-state index in [1.807, 2.05) is 32.0 Å². The largest absolute Gasteiger partial charge is 0.368 e. The van der Waals surface area contributed by atoms with E-state index in [2.05, 4.69) is 39.0 Å². The fraction of sp³-hybridized carbons (Fsp3) is 0.619. The number of rotatable bonds is 7. The Morgan fingerprint density at radius 3 is 2.67 bits per heavy atom. The summed E-state index contributed by atoms with van der Waals surface area (Å²) in [6, 6.07) is 10.3. The molecule has 1 aliphatic rings. The Morgan fingerprint density at radius 1 is 1.29 bits per heavy atom. The van der Waals surface area contributed by atoms with Crippen LogP contribution in [-0.4, -0.2) is 24.6 Å². The van der Waals surface area contributed by atoms with Crippen LogP contribution >= 0.6 is 0 Å². The van der Waals surface area contributed by atoms with Crippen LogP contribution in [0.3, 0.4) is 0 Å². The zero-order valence-electron chi connectivity index (χ0n) is 15.7. The Kier molecular flexibility index (Phi) is 7.02. The van der Waals surface area contributed by atoms with Gasteiger partial charge in [-0.25, -0.2) is 0 Å². The van der Waals surface area contributed by atoms with Gasteiger partial charge in [-0.1, -0.05) is 48.9 Å². The summed E-state index contributed by atoms with van der Waals surface area (Å²) in [5.74, 6) is -0.119. The molecule has 24 heavy (non-hydrogen) atoms. The van der Waals surface area contributed by atoms with Crippen LogP contribution in [-0.2, 0) is 20.8 Å². The Hall–Kier alpha value is -1.16. The molecule has 1 fully saturated rings. The third-order valence-electron chi connectivity index (χ3n) is 4.42. The van der Waals surface area contributed by atoms with Crippen molar-refractivity contribution in [1.82, 2.24) is 0 Å². The number of allylic oxidation sites excluding steroid dienone is 2. The molecule has 0 N–H and O–H groups in total. The van der Waals surface area contributed by atoms with Crippen molar-refractivity contribution in [3.05, 3.63) is 47.5 Å². The molecule has 1 heterocycles. The monoisotopic (exact) mass is 332 g/mol. The molecule has 0 unspecified atom stereocenters. The number of benzene rings is 1. The normalized spacial score (nSPS) is 24.4. The van der Waals surface area contributed by atoms with E-state index in [4.69, 9.17) is 14.2 Å². The molecule has 134 valence electrons. The molecule has 0 aromatic heterocycles. The molecule has 0 bridgehead atoms. The molecule has 3 nitrogen and oxygen atoms in total. The van der Waals surface area contributed by atoms with Gasteiger partial charge in [-0.2, -0.15) is 0 Å². The van der Waals surface area contributed by atoms with Gasteiger partial charge in [-0.05, 0) is 52.0 Å². The van der Waals surface area contributed by atoms with Gasteiger partial charge in [0.05, 0.1) is 19.3 Å². The molecule has 0 amide bonds. The van der Waals surface area contributed by atoms with E-state index in [0.29, 0.717) is 19.1 Å². The topological polar surface area (TPSA) is 27.7 Å². The average Bonchev–Trinajstić information content (AvgIpc) is 2.53. The highest BCUT2D eigenvalue weighted by Crippen LogP contribution is 2.31. The van der Waals surface area contributed by atoms with Gasteiger partial charge in [0, 0.05) is 0 Å². The van der Waals surface area contributed by atoms with E-state index in [-0.39, 0.29) is 12.2 Å². The van der Waals surface area contributed by atoms with Crippen LogP contribution < -0.4 is 0 Å². The van der Waals surface area contributed by atoms with E-state index in [9.17, 15) is 0 Å². The van der Waals surface area contributed by atoms with Gasteiger partial charge < -0.3 is 14.2 Å². The van der Waals surface area contributed by atoms with Crippen molar-refractivity contribution in [2.45, 2.75) is 72.1 Å². The lowest BCUT2D eigenvalue weighted by Gasteiger charge is -2.43. The van der Waals surface area contributed by atoms with E-state index < -0.39 is 5.79 Å². The maximum atomic E-state index is 6.23. The molecule has 1 aromatic carbocycles. The first-order valence-electron chi connectivity index (χ1n) is 8.98. The van der Waals surface area contributed by atoms with Gasteiger partial charge in [0.2, 0.25) is 0 Å². The first kappa shape index (κ1) is 19.2. The summed E-state index contributed by atoms with van der Waals surface area (Å²) >= 11 is 0. The molecular formula is C21H32O3. The van der Waals surface area contributed by atoms with Crippen molar-refractivity contribution in [1.29, 1.82) is 0 Å². The number of hydrogen-bond acceptors (Lipinski definition) is 3. The highest BCUT2D eigenvalue weighted by molar-refractivity contribution is 5.13. The molecular weight excluding hydrogens is 300 g/mol. The summed E-state index contributed by atoms with van der Waals surface area (Å²) in [6.07, 6.45) is 4.50. The predicted molar refractivity (Wildman–Crippen MR) is 97.8 cm³/mol. The van der Waals surface area contributed by atoms with Crippen LogP contribution in [0.5, 0.6) is 0 Å². The molecule has 3 atom stereocenters. The van der Waals surface area contributed by atoms with Crippen LogP contribution in [0.2, 0.25) is 0 Å². The van der Waals surface area contributed by atoms with E-state index in [0.717, 1.165) is 12.8 Å². The molecule has 1 saturated heterocycles. The van der Waals surface area contributed by atoms with Gasteiger partial charge in [0.15, 0.2) is 5.79 Å². The van der Waals surface area contributed by atoms with Crippen LogP contribution in [0.15, 0.2) is 42.0 Å². The third kappa shape index (κ3) is 6.04. The molecule has 3 heteroatoms. The molecule has 0 spiro atoms. The summed E-state index contributed by atoms with van der Waals surface area (Å²) in [5.41, 5.74) is 2.55. The Balaban J connectivity index is 1.96. The summed E-state index contributed by atoms with van der Waals surface area (Å²) in [5, 5.41) is 0. The van der Waals surface area contributed by atoms with Crippen molar-refractivity contribution in [2.24, 2.45) is 5.92 Å². The van der Waals surface area contributed by atoms with Crippen molar-refractivity contribution in [3.63, 3.8) is 0 Å². The number of ether oxygens (including phenoxy) is 3. The fourth-order valence-corrected chi connectivity index (χ4v) is 3.02. The highest BCUT2D eigenvalue weighted by atomic mass is 16.7. The first-order chi connectivity index (χ1) is 11.4. The quantitative estimate of drug-likeness (QED) is 0.650. The average molecular weight is 332 g/mol. The maximum Gasteiger partial charge on any atom is 0.163 e. The molecule has 2 rings (SSSR count). The SMILES string of the molecule is CC(C)=CCC[C@@H](C)[C@H]1OC(C)(C)OC[C@H]1OCc1ccccc1. The minimum Gasteiger partial charge on any atom is -0.368 e. The van der Waals surface area contributed by atoms with Crippen LogP contribution in [0.4, 0.5) is 0 Å². The third-order valence-corrected chi connectivity index (χ3v) is 4.42. The number of hydrogen-bond donors (Lipinski definition) is 0. The zero-order valence-corrected chi connectivity index (χ0v) is 15.7. The van der Waals surface area contributed by atoms with Crippen LogP contribution in [0.1, 0.15) is 53.0 Å². The van der Waals surface area contributed by atoms with Gasteiger partial charge in [0.25, 0.3) is 0 Å². The lowest BCUT2D eigenvalue weighted by atomic mass is 9.93. The first-order valence-corrected chi connectivity index (χ1v) is 8.98. The van der Waals surface area contributed by atoms with Gasteiger partial charge in [-0.3, -0.25) is 0 Å². The van der Waals surface area contributed by atoms with Crippen molar-refractivity contribution >= 4 is 0 Å².